The van der Waals surface area contributed by atoms with Crippen molar-refractivity contribution in [3.05, 3.63) is 77.7 Å². The number of hydrogen-bond donors (Lipinski definition) is 0. The lowest BCUT2D eigenvalue weighted by molar-refractivity contribution is -0.368. The Bertz CT molecular complexity index is 1390. The third-order valence-electron chi connectivity index (χ3n) is 5.62. The minimum Gasteiger partial charge on any atom is -0.493 e. The van der Waals surface area contributed by atoms with Crippen molar-refractivity contribution >= 4 is 16.9 Å². The van der Waals surface area contributed by atoms with Gasteiger partial charge in [0, 0.05) is 17.5 Å². The molecule has 218 valence electrons. The molecule has 0 atom stereocenters. The molecular weight excluding hydrogens is 556 g/mol. The molecule has 0 aliphatic heterocycles. The fraction of sp³-hybridized carbons (Fsp3) is 0.333. The Labute approximate surface area is 223 Å². The average molecular weight is 580 g/mol. The lowest BCUT2D eigenvalue weighted by Gasteiger charge is -2.36. The van der Waals surface area contributed by atoms with Crippen LogP contribution in [-0.2, 0) is 9.53 Å². The van der Waals surface area contributed by atoms with Crippen molar-refractivity contribution in [2.45, 2.75) is 44.0 Å². The van der Waals surface area contributed by atoms with Crippen LogP contribution in [0.4, 0.5) is 35.1 Å². The standard InChI is InChI=1S/C26H20F8O5.CH4/c1-2-21(35)38-13-11-24(29,30)26(33,34)25(31,32)23(27,28)10-12-37-18-9-8-17-14-19(16-6-4-3-5-7-16)22(36)39-20(17)15-18;/h2-9,14-15H,1,10-13H2;1H4. The number of alkyl halides is 8. The second kappa shape index (κ2) is 12.1. The number of carbonyl (C=O) groups excluding carboxylic acids is 1. The molecule has 13 heteroatoms. The smallest absolute Gasteiger partial charge is 0.378 e. The van der Waals surface area contributed by atoms with E-state index in [-0.39, 0.29) is 24.3 Å². The van der Waals surface area contributed by atoms with Crippen LogP contribution in [0.15, 0.2) is 76.5 Å². The Morgan fingerprint density at radius 1 is 0.850 bits per heavy atom. The normalized spacial score (nSPS) is 12.5. The van der Waals surface area contributed by atoms with Gasteiger partial charge in [-0.3, -0.25) is 0 Å². The lowest BCUT2D eigenvalue weighted by atomic mass is 9.95. The zero-order valence-corrected chi connectivity index (χ0v) is 19.9. The van der Waals surface area contributed by atoms with Gasteiger partial charge in [0.15, 0.2) is 0 Å². The Kier molecular flexibility index (Phi) is 9.77. The summed E-state index contributed by atoms with van der Waals surface area (Å²) in [6, 6.07) is 13.7. The first-order valence-electron chi connectivity index (χ1n) is 11.2. The first-order chi connectivity index (χ1) is 18.1. The van der Waals surface area contributed by atoms with E-state index in [9.17, 15) is 44.7 Å². The van der Waals surface area contributed by atoms with E-state index in [1.807, 2.05) is 0 Å². The van der Waals surface area contributed by atoms with Crippen molar-refractivity contribution in [2.24, 2.45) is 0 Å². The van der Waals surface area contributed by atoms with Gasteiger partial charge in [0.2, 0.25) is 0 Å². The van der Waals surface area contributed by atoms with Gasteiger partial charge in [-0.25, -0.2) is 9.59 Å². The van der Waals surface area contributed by atoms with Crippen LogP contribution in [0, 0.1) is 0 Å². The summed E-state index contributed by atoms with van der Waals surface area (Å²) in [7, 11) is 0. The van der Waals surface area contributed by atoms with Crippen LogP contribution in [-0.4, -0.2) is 42.9 Å². The Morgan fingerprint density at radius 2 is 1.43 bits per heavy atom. The second-order valence-electron chi connectivity index (χ2n) is 8.29. The molecule has 40 heavy (non-hydrogen) atoms. The number of halogens is 8. The van der Waals surface area contributed by atoms with Gasteiger partial charge in [0.05, 0.1) is 31.6 Å². The van der Waals surface area contributed by atoms with E-state index in [2.05, 4.69) is 11.3 Å². The second-order valence-corrected chi connectivity index (χ2v) is 8.29. The number of fused-ring (bicyclic) bond motifs is 1. The molecule has 0 saturated heterocycles. The van der Waals surface area contributed by atoms with Crippen LogP contribution >= 0.6 is 0 Å². The molecule has 1 aromatic heterocycles. The highest BCUT2D eigenvalue weighted by molar-refractivity contribution is 5.82. The Balaban J connectivity index is 0.00000560. The van der Waals surface area contributed by atoms with E-state index in [1.165, 1.54) is 18.2 Å². The number of carbonyl (C=O) groups is 1. The highest BCUT2D eigenvalue weighted by atomic mass is 19.4. The first-order valence-corrected chi connectivity index (χ1v) is 11.2. The number of hydrogen-bond acceptors (Lipinski definition) is 5. The van der Waals surface area contributed by atoms with Crippen LogP contribution in [0.2, 0.25) is 0 Å². The van der Waals surface area contributed by atoms with Gasteiger partial charge < -0.3 is 13.9 Å². The molecule has 0 unspecified atom stereocenters. The molecule has 0 aliphatic carbocycles. The molecule has 0 amide bonds. The zero-order chi connectivity index (χ0) is 29.1. The molecule has 0 bridgehead atoms. The minimum absolute atomic E-state index is 0. The summed E-state index contributed by atoms with van der Waals surface area (Å²) in [6.07, 6.45) is -3.70. The van der Waals surface area contributed by atoms with Gasteiger partial charge in [-0.2, -0.15) is 35.1 Å². The molecule has 3 aromatic rings. The molecule has 0 aliphatic rings. The fourth-order valence-electron chi connectivity index (χ4n) is 3.41. The van der Waals surface area contributed by atoms with Crippen molar-refractivity contribution in [2.75, 3.05) is 13.2 Å². The maximum absolute atomic E-state index is 14.1. The predicted molar refractivity (Wildman–Crippen MR) is 130 cm³/mol. The summed E-state index contributed by atoms with van der Waals surface area (Å²) in [5, 5.41) is 0.401. The van der Waals surface area contributed by atoms with Crippen LogP contribution in [0.3, 0.4) is 0 Å². The Morgan fingerprint density at radius 3 is 2.00 bits per heavy atom. The van der Waals surface area contributed by atoms with Crippen molar-refractivity contribution in [3.63, 3.8) is 0 Å². The van der Waals surface area contributed by atoms with E-state index in [0.29, 0.717) is 17.0 Å². The summed E-state index contributed by atoms with van der Waals surface area (Å²) < 4.78 is 126. The van der Waals surface area contributed by atoms with Crippen molar-refractivity contribution in [3.8, 4) is 16.9 Å². The lowest BCUT2D eigenvalue weighted by Crippen LogP contribution is -2.62. The fourth-order valence-corrected chi connectivity index (χ4v) is 3.41. The van der Waals surface area contributed by atoms with Crippen molar-refractivity contribution in [1.29, 1.82) is 0 Å². The maximum atomic E-state index is 14.1. The average Bonchev–Trinajstić information content (AvgIpc) is 2.88. The molecule has 5 nitrogen and oxygen atoms in total. The minimum atomic E-state index is -6.51. The molecular formula is C27H24F8O5. The SMILES string of the molecule is C.C=CC(=O)OCCC(F)(F)C(F)(F)C(F)(F)C(F)(F)CCOc1ccc2cc(-c3ccccc3)c(=O)oc2c1. The highest BCUT2D eigenvalue weighted by Gasteiger charge is 2.79. The van der Waals surface area contributed by atoms with Crippen LogP contribution in [0.25, 0.3) is 22.1 Å². The monoisotopic (exact) mass is 580 g/mol. The molecule has 3 rings (SSSR count). The third-order valence-corrected chi connectivity index (χ3v) is 5.62. The third kappa shape index (κ3) is 6.45. The molecule has 0 N–H and O–H groups in total. The van der Waals surface area contributed by atoms with Gasteiger partial charge in [-0.1, -0.05) is 44.3 Å². The van der Waals surface area contributed by atoms with E-state index in [1.54, 1.807) is 30.3 Å². The van der Waals surface area contributed by atoms with Crippen molar-refractivity contribution < 1.29 is 53.8 Å². The van der Waals surface area contributed by atoms with Gasteiger partial charge in [0.25, 0.3) is 0 Å². The number of ether oxygens (including phenoxy) is 2. The van der Waals surface area contributed by atoms with Gasteiger partial charge in [0.1, 0.15) is 11.3 Å². The predicted octanol–water partition coefficient (Wildman–Crippen LogP) is 7.53. The summed E-state index contributed by atoms with van der Waals surface area (Å²) >= 11 is 0. The van der Waals surface area contributed by atoms with Gasteiger partial charge in [-0.15, -0.1) is 0 Å². The topological polar surface area (TPSA) is 65.7 Å². The largest absolute Gasteiger partial charge is 0.493 e. The molecule has 0 spiro atoms. The zero-order valence-electron chi connectivity index (χ0n) is 19.9. The molecule has 2 aromatic carbocycles. The summed E-state index contributed by atoms with van der Waals surface area (Å²) in [5.74, 6) is -25.8. The summed E-state index contributed by atoms with van der Waals surface area (Å²) in [6.45, 7) is 0.200. The van der Waals surface area contributed by atoms with E-state index >= 15 is 0 Å². The van der Waals surface area contributed by atoms with E-state index in [4.69, 9.17) is 9.15 Å². The van der Waals surface area contributed by atoms with Crippen molar-refractivity contribution in [1.82, 2.24) is 0 Å². The highest BCUT2D eigenvalue weighted by Crippen LogP contribution is 2.54. The number of rotatable bonds is 12. The van der Waals surface area contributed by atoms with E-state index < -0.39 is 61.3 Å². The summed E-state index contributed by atoms with van der Waals surface area (Å²) in [5.41, 5.74) is 0.0177. The Hall–Kier alpha value is -3.90. The van der Waals surface area contributed by atoms with Crippen LogP contribution in [0.1, 0.15) is 20.3 Å². The number of esters is 1. The quantitative estimate of drug-likeness (QED) is 0.0960. The molecule has 1 heterocycles. The van der Waals surface area contributed by atoms with Gasteiger partial charge >= 0.3 is 35.3 Å². The molecule has 0 saturated carbocycles. The first kappa shape index (κ1) is 32.3. The summed E-state index contributed by atoms with van der Waals surface area (Å²) in [4.78, 5) is 23.2. The van der Waals surface area contributed by atoms with E-state index in [0.717, 1.165) is 6.07 Å². The van der Waals surface area contributed by atoms with Crippen LogP contribution < -0.4 is 10.4 Å². The molecule has 0 radical (unpaired) electrons. The maximum Gasteiger partial charge on any atom is 0.378 e. The number of benzene rings is 2. The van der Waals surface area contributed by atoms with Crippen LogP contribution in [0.5, 0.6) is 5.75 Å². The molecule has 0 fully saturated rings. The van der Waals surface area contributed by atoms with Gasteiger partial charge in [-0.05, 0) is 23.8 Å².